The fraction of sp³-hybridized carbons (Fsp3) is 0.348. The molecule has 0 fully saturated rings. The highest BCUT2D eigenvalue weighted by Crippen LogP contribution is 2.44. The van der Waals surface area contributed by atoms with E-state index in [2.05, 4.69) is 17.4 Å². The second-order valence-electron chi connectivity index (χ2n) is 7.65. The van der Waals surface area contributed by atoms with E-state index in [1.807, 2.05) is 36.4 Å². The maximum absolute atomic E-state index is 12.5. The highest BCUT2D eigenvalue weighted by atomic mass is 16.5. The summed E-state index contributed by atoms with van der Waals surface area (Å²) in [4.78, 5) is 37.1. The zero-order chi connectivity index (χ0) is 21.8. The molecule has 0 radical (unpaired) electrons. The number of carbonyl (C=O) groups is 3. The molecule has 7 nitrogen and oxygen atoms in total. The maximum atomic E-state index is 12.5. The average Bonchev–Trinajstić information content (AvgIpc) is 3.03. The highest BCUT2D eigenvalue weighted by molar-refractivity contribution is 5.88. The van der Waals surface area contributed by atoms with Crippen LogP contribution in [-0.2, 0) is 14.3 Å². The zero-order valence-electron chi connectivity index (χ0n) is 17.3. The van der Waals surface area contributed by atoms with E-state index in [4.69, 9.17) is 9.84 Å². The predicted octanol–water partition coefficient (Wildman–Crippen LogP) is 3.24. The highest BCUT2D eigenvalue weighted by Gasteiger charge is 2.30. The fourth-order valence-electron chi connectivity index (χ4n) is 3.79. The number of nitrogens with zero attached hydrogens (tertiary/aromatic N) is 1. The first-order chi connectivity index (χ1) is 14.3. The van der Waals surface area contributed by atoms with Gasteiger partial charge < -0.3 is 20.1 Å². The Bertz CT molecular complexity index is 911. The van der Waals surface area contributed by atoms with Gasteiger partial charge in [0.25, 0.3) is 0 Å². The smallest absolute Gasteiger partial charge is 0.407 e. The summed E-state index contributed by atoms with van der Waals surface area (Å²) in [5, 5.41) is 11.5. The topological polar surface area (TPSA) is 95.9 Å². The molecule has 0 spiro atoms. The summed E-state index contributed by atoms with van der Waals surface area (Å²) in [5.74, 6) is -1.65. The lowest BCUT2D eigenvalue weighted by molar-refractivity contribution is -0.146. The molecular formula is C23H26N2O5. The van der Waals surface area contributed by atoms with Crippen molar-refractivity contribution in [3.05, 3.63) is 59.7 Å². The van der Waals surface area contributed by atoms with Crippen LogP contribution in [0.4, 0.5) is 4.79 Å². The van der Waals surface area contributed by atoms with Crippen LogP contribution < -0.4 is 5.32 Å². The number of carboxylic acid groups (broad SMARTS) is 1. The number of carbonyl (C=O) groups excluding carboxylic acids is 2. The molecule has 0 aromatic heterocycles. The van der Waals surface area contributed by atoms with Gasteiger partial charge in [-0.25, -0.2) is 4.79 Å². The van der Waals surface area contributed by atoms with Gasteiger partial charge in [-0.1, -0.05) is 48.5 Å². The van der Waals surface area contributed by atoms with Crippen LogP contribution in [0.2, 0.25) is 0 Å². The molecular weight excluding hydrogens is 384 g/mol. The minimum atomic E-state index is -1.11. The van der Waals surface area contributed by atoms with Crippen LogP contribution in [0.1, 0.15) is 37.8 Å². The summed E-state index contributed by atoms with van der Waals surface area (Å²) in [6, 6.07) is 14.8. The molecule has 1 aliphatic rings. The molecule has 0 saturated heterocycles. The molecule has 2 aromatic rings. The lowest BCUT2D eigenvalue weighted by atomic mass is 9.98. The van der Waals surface area contributed by atoms with Crippen molar-refractivity contribution in [2.24, 2.45) is 0 Å². The molecule has 0 saturated carbocycles. The van der Waals surface area contributed by atoms with Crippen molar-refractivity contribution < 1.29 is 24.2 Å². The van der Waals surface area contributed by atoms with Gasteiger partial charge in [-0.05, 0) is 43.0 Å². The second kappa shape index (κ2) is 8.98. The standard InChI is InChI=1S/C23H26N2O5/c1-14(2)25(12-21(26)27)22(28)15(3)24-23(29)30-13-20-18-10-6-4-8-16(18)17-9-5-7-11-19(17)20/h4-11,14-15,20H,12-13H2,1-3H3,(H,24,29)(H,26,27)/t15-/m1/s1. The lowest BCUT2D eigenvalue weighted by Crippen LogP contribution is -2.51. The van der Waals surface area contributed by atoms with Crippen LogP contribution in [0.15, 0.2) is 48.5 Å². The summed E-state index contributed by atoms with van der Waals surface area (Å²) < 4.78 is 5.44. The third kappa shape index (κ3) is 4.45. The molecule has 1 atom stereocenters. The quantitative estimate of drug-likeness (QED) is 0.731. The van der Waals surface area contributed by atoms with Gasteiger partial charge >= 0.3 is 12.1 Å². The van der Waals surface area contributed by atoms with Gasteiger partial charge in [-0.15, -0.1) is 0 Å². The van der Waals surface area contributed by atoms with E-state index in [9.17, 15) is 14.4 Å². The molecule has 7 heteroatoms. The van der Waals surface area contributed by atoms with Gasteiger partial charge in [0.1, 0.15) is 19.2 Å². The van der Waals surface area contributed by atoms with Gasteiger partial charge in [-0.2, -0.15) is 0 Å². The number of hydrogen-bond acceptors (Lipinski definition) is 4. The van der Waals surface area contributed by atoms with Crippen molar-refractivity contribution in [3.63, 3.8) is 0 Å². The number of carboxylic acids is 1. The Morgan fingerprint density at radius 1 is 1.00 bits per heavy atom. The number of benzene rings is 2. The first-order valence-electron chi connectivity index (χ1n) is 9.93. The summed E-state index contributed by atoms with van der Waals surface area (Å²) in [6.07, 6.45) is -0.711. The third-order valence-electron chi connectivity index (χ3n) is 5.26. The van der Waals surface area contributed by atoms with Gasteiger partial charge in [0.15, 0.2) is 0 Å². The Balaban J connectivity index is 1.63. The Labute approximate surface area is 175 Å². The first kappa shape index (κ1) is 21.4. The summed E-state index contributed by atoms with van der Waals surface area (Å²) >= 11 is 0. The van der Waals surface area contributed by atoms with E-state index < -0.39 is 30.6 Å². The van der Waals surface area contributed by atoms with Crippen molar-refractivity contribution in [2.45, 2.75) is 38.8 Å². The SMILES string of the molecule is CC(C)N(CC(=O)O)C(=O)[C@@H](C)NC(=O)OCC1c2ccccc2-c2ccccc21. The molecule has 158 valence electrons. The minimum Gasteiger partial charge on any atom is -0.480 e. The number of ether oxygens (including phenoxy) is 1. The van der Waals surface area contributed by atoms with Crippen molar-refractivity contribution in [3.8, 4) is 11.1 Å². The van der Waals surface area contributed by atoms with Crippen molar-refractivity contribution in [1.82, 2.24) is 10.2 Å². The summed E-state index contributed by atoms with van der Waals surface area (Å²) in [7, 11) is 0. The zero-order valence-corrected chi connectivity index (χ0v) is 17.3. The van der Waals surface area contributed by atoms with Crippen LogP contribution in [0, 0.1) is 0 Å². The van der Waals surface area contributed by atoms with Crippen molar-refractivity contribution >= 4 is 18.0 Å². The fourth-order valence-corrected chi connectivity index (χ4v) is 3.79. The number of aliphatic carboxylic acids is 1. The van der Waals surface area contributed by atoms with Gasteiger partial charge in [0.05, 0.1) is 0 Å². The van der Waals surface area contributed by atoms with E-state index in [0.29, 0.717) is 0 Å². The van der Waals surface area contributed by atoms with Crippen LogP contribution >= 0.6 is 0 Å². The van der Waals surface area contributed by atoms with E-state index >= 15 is 0 Å². The molecule has 0 bridgehead atoms. The average molecular weight is 410 g/mol. The number of fused-ring (bicyclic) bond motifs is 3. The third-order valence-corrected chi connectivity index (χ3v) is 5.26. The van der Waals surface area contributed by atoms with Crippen molar-refractivity contribution in [1.29, 1.82) is 0 Å². The van der Waals surface area contributed by atoms with Gasteiger partial charge in [-0.3, -0.25) is 9.59 Å². The number of rotatable bonds is 7. The van der Waals surface area contributed by atoms with E-state index in [-0.39, 0.29) is 18.6 Å². The molecule has 0 aliphatic heterocycles. The molecule has 30 heavy (non-hydrogen) atoms. The van der Waals surface area contributed by atoms with Crippen LogP contribution in [0.3, 0.4) is 0 Å². The summed E-state index contributed by atoms with van der Waals surface area (Å²) in [5.41, 5.74) is 4.46. The normalized spacial score (nSPS) is 13.3. The monoisotopic (exact) mass is 410 g/mol. The number of alkyl carbamates (subject to hydrolysis) is 1. The van der Waals surface area contributed by atoms with Crippen molar-refractivity contribution in [2.75, 3.05) is 13.2 Å². The molecule has 2 aromatic carbocycles. The van der Waals surface area contributed by atoms with E-state index in [1.54, 1.807) is 13.8 Å². The molecule has 0 unspecified atom stereocenters. The Morgan fingerprint density at radius 2 is 1.53 bits per heavy atom. The number of nitrogens with one attached hydrogen (secondary N) is 1. The Kier molecular flexibility index (Phi) is 6.40. The van der Waals surface area contributed by atoms with Crippen LogP contribution in [0.5, 0.6) is 0 Å². The number of hydrogen-bond donors (Lipinski definition) is 2. The predicted molar refractivity (Wildman–Crippen MR) is 112 cm³/mol. The molecule has 2 N–H and O–H groups in total. The first-order valence-corrected chi connectivity index (χ1v) is 9.93. The second-order valence-corrected chi connectivity index (χ2v) is 7.65. The minimum absolute atomic E-state index is 0.0756. The van der Waals surface area contributed by atoms with Gasteiger partial charge in [0, 0.05) is 12.0 Å². The van der Waals surface area contributed by atoms with E-state index in [0.717, 1.165) is 22.3 Å². The Morgan fingerprint density at radius 3 is 2.03 bits per heavy atom. The largest absolute Gasteiger partial charge is 0.480 e. The number of amides is 2. The van der Waals surface area contributed by atoms with E-state index in [1.165, 1.54) is 11.8 Å². The summed E-state index contributed by atoms with van der Waals surface area (Å²) in [6.45, 7) is 4.68. The maximum Gasteiger partial charge on any atom is 0.407 e. The lowest BCUT2D eigenvalue weighted by Gasteiger charge is -2.28. The van der Waals surface area contributed by atoms with Gasteiger partial charge in [0.2, 0.25) is 5.91 Å². The molecule has 1 aliphatic carbocycles. The van der Waals surface area contributed by atoms with Crippen LogP contribution in [-0.4, -0.2) is 53.2 Å². The van der Waals surface area contributed by atoms with Crippen LogP contribution in [0.25, 0.3) is 11.1 Å². The Hall–Kier alpha value is -3.35. The molecule has 0 heterocycles. The molecule has 3 rings (SSSR count). The molecule has 2 amide bonds.